The van der Waals surface area contributed by atoms with E-state index in [0.717, 1.165) is 12.8 Å². The Morgan fingerprint density at radius 3 is 2.97 bits per heavy atom. The molecule has 0 amide bonds. The van der Waals surface area contributed by atoms with Crippen LogP contribution in [-0.2, 0) is 11.8 Å². The minimum atomic E-state index is -0.733. The van der Waals surface area contributed by atoms with Crippen LogP contribution in [0.1, 0.15) is 42.1 Å². The van der Waals surface area contributed by atoms with Gasteiger partial charge in [-0.2, -0.15) is 0 Å². The summed E-state index contributed by atoms with van der Waals surface area (Å²) in [6.07, 6.45) is 5.88. The largest absolute Gasteiger partial charge is 0.462 e. The van der Waals surface area contributed by atoms with Crippen LogP contribution in [0.5, 0.6) is 0 Å². The third-order valence-corrected chi connectivity index (χ3v) is 5.64. The molecule has 1 fully saturated rings. The minimum absolute atomic E-state index is 0.0772. The van der Waals surface area contributed by atoms with Crippen LogP contribution in [0.2, 0.25) is 0 Å². The van der Waals surface area contributed by atoms with Gasteiger partial charge in [0.05, 0.1) is 17.8 Å². The number of fused-ring (bicyclic) bond motifs is 1. The molecule has 3 heterocycles. The van der Waals surface area contributed by atoms with Crippen LogP contribution in [0.15, 0.2) is 36.8 Å². The topological polar surface area (TPSA) is 80.5 Å². The van der Waals surface area contributed by atoms with E-state index < -0.39 is 17.9 Å². The highest BCUT2D eigenvalue weighted by Crippen LogP contribution is 2.36. The molecule has 7 nitrogen and oxygen atoms in total. The van der Waals surface area contributed by atoms with Gasteiger partial charge in [0.1, 0.15) is 23.3 Å². The number of halogens is 1. The number of aliphatic hydroxyl groups excluding tert-OH is 1. The summed E-state index contributed by atoms with van der Waals surface area (Å²) in [5.41, 5.74) is 1.52. The Morgan fingerprint density at radius 1 is 1.40 bits per heavy atom. The number of pyridine rings is 1. The summed E-state index contributed by atoms with van der Waals surface area (Å²) in [5, 5.41) is 11.5. The van der Waals surface area contributed by atoms with Crippen molar-refractivity contribution in [3.63, 3.8) is 0 Å². The average Bonchev–Trinajstić information content (AvgIpc) is 3.18. The molecule has 158 valence electrons. The van der Waals surface area contributed by atoms with E-state index in [-0.39, 0.29) is 12.5 Å². The van der Waals surface area contributed by atoms with E-state index in [1.807, 2.05) is 16.5 Å². The summed E-state index contributed by atoms with van der Waals surface area (Å²) in [6.45, 7) is 3.17. The van der Waals surface area contributed by atoms with Gasteiger partial charge in [-0.1, -0.05) is 0 Å². The van der Waals surface area contributed by atoms with Crippen LogP contribution in [-0.4, -0.2) is 45.3 Å². The zero-order chi connectivity index (χ0) is 21.3. The van der Waals surface area contributed by atoms with E-state index in [1.54, 1.807) is 25.4 Å². The van der Waals surface area contributed by atoms with Crippen LogP contribution < -0.4 is 4.90 Å². The quantitative estimate of drug-likeness (QED) is 0.648. The van der Waals surface area contributed by atoms with Crippen molar-refractivity contribution in [3.8, 4) is 0 Å². The third-order valence-electron chi connectivity index (χ3n) is 5.64. The van der Waals surface area contributed by atoms with Crippen molar-refractivity contribution in [2.75, 3.05) is 24.6 Å². The molecule has 8 heteroatoms. The van der Waals surface area contributed by atoms with Gasteiger partial charge < -0.3 is 19.3 Å². The molecular weight excluding hydrogens is 387 g/mol. The molecule has 4 rings (SSSR count). The number of ether oxygens (including phenoxy) is 1. The Kier molecular flexibility index (Phi) is 5.67. The smallest absolute Gasteiger partial charge is 0.341 e. The standard InChI is InChI=1S/C22H25FN4O3/c1-3-30-22(29)17-12-25-18-7-6-15(23)11-16(18)19(17)27-9-4-5-14(13-27)20(28)21-24-8-10-26(21)2/h6-8,10-12,14,20,28H,3-5,9,13H2,1-2H3. The molecule has 2 atom stereocenters. The molecule has 3 aromatic rings. The Balaban J connectivity index is 1.75. The Labute approximate surface area is 174 Å². The summed E-state index contributed by atoms with van der Waals surface area (Å²) < 4.78 is 21.1. The van der Waals surface area contributed by atoms with Gasteiger partial charge in [0.2, 0.25) is 0 Å². The molecule has 1 aliphatic heterocycles. The number of piperidine rings is 1. The van der Waals surface area contributed by atoms with Gasteiger partial charge in [-0.3, -0.25) is 4.98 Å². The first-order chi connectivity index (χ1) is 14.5. The predicted octanol–water partition coefficient (Wildman–Crippen LogP) is 3.23. The van der Waals surface area contributed by atoms with Crippen LogP contribution in [0, 0.1) is 11.7 Å². The predicted molar refractivity (Wildman–Crippen MR) is 111 cm³/mol. The number of esters is 1. The van der Waals surface area contributed by atoms with Crippen LogP contribution in [0.4, 0.5) is 10.1 Å². The lowest BCUT2D eigenvalue weighted by Gasteiger charge is -2.37. The monoisotopic (exact) mass is 412 g/mol. The number of carbonyl (C=O) groups is 1. The van der Waals surface area contributed by atoms with E-state index in [9.17, 15) is 14.3 Å². The second-order valence-corrected chi connectivity index (χ2v) is 7.59. The Morgan fingerprint density at radius 2 is 2.23 bits per heavy atom. The van der Waals surface area contributed by atoms with Gasteiger partial charge >= 0.3 is 5.97 Å². The highest BCUT2D eigenvalue weighted by atomic mass is 19.1. The fourth-order valence-corrected chi connectivity index (χ4v) is 4.19. The lowest BCUT2D eigenvalue weighted by Crippen LogP contribution is -2.39. The first-order valence-electron chi connectivity index (χ1n) is 10.1. The van der Waals surface area contributed by atoms with Crippen molar-refractivity contribution in [2.45, 2.75) is 25.9 Å². The molecule has 1 aromatic carbocycles. The normalized spacial score (nSPS) is 17.9. The maximum absolute atomic E-state index is 14.1. The molecule has 0 saturated carbocycles. The molecule has 30 heavy (non-hydrogen) atoms. The maximum Gasteiger partial charge on any atom is 0.341 e. The molecule has 0 bridgehead atoms. The number of aryl methyl sites for hydroxylation is 1. The van der Waals surface area contributed by atoms with Crippen molar-refractivity contribution in [1.29, 1.82) is 0 Å². The van der Waals surface area contributed by atoms with Gasteiger partial charge in [-0.25, -0.2) is 14.2 Å². The van der Waals surface area contributed by atoms with Gasteiger partial charge in [0.25, 0.3) is 0 Å². The molecule has 2 aromatic heterocycles. The highest BCUT2D eigenvalue weighted by Gasteiger charge is 2.32. The number of hydrogen-bond donors (Lipinski definition) is 1. The maximum atomic E-state index is 14.1. The molecule has 2 unspecified atom stereocenters. The van der Waals surface area contributed by atoms with Gasteiger partial charge in [0, 0.05) is 50.0 Å². The van der Waals surface area contributed by atoms with Crippen molar-refractivity contribution in [3.05, 3.63) is 54.0 Å². The van der Waals surface area contributed by atoms with E-state index in [2.05, 4.69) is 9.97 Å². The molecule has 1 aliphatic rings. The number of hydrogen-bond acceptors (Lipinski definition) is 6. The molecule has 0 aliphatic carbocycles. The highest BCUT2D eigenvalue weighted by molar-refractivity contribution is 6.05. The van der Waals surface area contributed by atoms with E-state index in [1.165, 1.54) is 18.3 Å². The number of aliphatic hydroxyl groups is 1. The van der Waals surface area contributed by atoms with Gasteiger partial charge in [0.15, 0.2) is 0 Å². The fourth-order valence-electron chi connectivity index (χ4n) is 4.19. The number of benzene rings is 1. The second kappa shape index (κ2) is 8.39. The fraction of sp³-hybridized carbons (Fsp3) is 0.409. The number of anilines is 1. The zero-order valence-corrected chi connectivity index (χ0v) is 17.1. The Hall–Kier alpha value is -3.00. The second-order valence-electron chi connectivity index (χ2n) is 7.59. The molecule has 0 radical (unpaired) electrons. The van der Waals surface area contributed by atoms with Crippen LogP contribution in [0.25, 0.3) is 10.9 Å². The molecule has 1 N–H and O–H groups in total. The number of imidazole rings is 1. The minimum Gasteiger partial charge on any atom is -0.462 e. The number of carbonyl (C=O) groups excluding carboxylic acids is 1. The van der Waals surface area contributed by atoms with E-state index in [4.69, 9.17) is 4.74 Å². The first kappa shape index (κ1) is 20.3. The molecule has 0 spiro atoms. The van der Waals surface area contributed by atoms with E-state index in [0.29, 0.717) is 41.1 Å². The molecular formula is C22H25FN4O3. The van der Waals surface area contributed by atoms with E-state index >= 15 is 0 Å². The van der Waals surface area contributed by atoms with Gasteiger partial charge in [-0.15, -0.1) is 0 Å². The van der Waals surface area contributed by atoms with Gasteiger partial charge in [-0.05, 0) is 38.0 Å². The van der Waals surface area contributed by atoms with Crippen molar-refractivity contribution >= 4 is 22.6 Å². The molecule has 1 saturated heterocycles. The summed E-state index contributed by atoms with van der Waals surface area (Å²) in [7, 11) is 1.85. The van der Waals surface area contributed by atoms with Crippen molar-refractivity contribution in [2.24, 2.45) is 13.0 Å². The number of rotatable bonds is 5. The lowest BCUT2D eigenvalue weighted by atomic mass is 9.91. The number of aromatic nitrogens is 3. The van der Waals surface area contributed by atoms with Crippen LogP contribution >= 0.6 is 0 Å². The van der Waals surface area contributed by atoms with Crippen LogP contribution in [0.3, 0.4) is 0 Å². The SMILES string of the molecule is CCOC(=O)c1cnc2ccc(F)cc2c1N1CCCC(C(O)c2nccn2C)C1. The summed E-state index contributed by atoms with van der Waals surface area (Å²) in [4.78, 5) is 23.3. The lowest BCUT2D eigenvalue weighted by molar-refractivity contribution is 0.0526. The third kappa shape index (κ3) is 3.75. The summed E-state index contributed by atoms with van der Waals surface area (Å²) in [6, 6.07) is 4.36. The summed E-state index contributed by atoms with van der Waals surface area (Å²) in [5.74, 6) is -0.351. The average molecular weight is 412 g/mol. The first-order valence-corrected chi connectivity index (χ1v) is 10.1. The number of nitrogens with zero attached hydrogens (tertiary/aromatic N) is 4. The Bertz CT molecular complexity index is 1070. The zero-order valence-electron chi connectivity index (χ0n) is 17.1. The van der Waals surface area contributed by atoms with Crippen molar-refractivity contribution < 1.29 is 19.0 Å². The summed E-state index contributed by atoms with van der Waals surface area (Å²) >= 11 is 0. The van der Waals surface area contributed by atoms with Crippen molar-refractivity contribution in [1.82, 2.24) is 14.5 Å².